The van der Waals surface area contributed by atoms with Crippen molar-refractivity contribution in [2.75, 3.05) is 30.5 Å². The van der Waals surface area contributed by atoms with Gasteiger partial charge < -0.3 is 20.9 Å². The minimum absolute atomic E-state index is 0.0334. The van der Waals surface area contributed by atoms with Gasteiger partial charge in [-0.3, -0.25) is 19.2 Å². The van der Waals surface area contributed by atoms with E-state index < -0.39 is 68.3 Å². The summed E-state index contributed by atoms with van der Waals surface area (Å²) in [7, 11) is -3.49. The van der Waals surface area contributed by atoms with Crippen LogP contribution in [0.3, 0.4) is 0 Å². The number of likely N-dealkylation sites (tertiary alicyclic amines) is 1. The fourth-order valence-corrected chi connectivity index (χ4v) is 9.22. The topological polar surface area (TPSA) is 159 Å². The van der Waals surface area contributed by atoms with Crippen LogP contribution < -0.4 is 16.0 Å². The number of piperidine rings is 1. The summed E-state index contributed by atoms with van der Waals surface area (Å²) in [5.41, 5.74) is -1.54. The summed E-state index contributed by atoms with van der Waals surface area (Å²) in [6.45, 7) is 19.2. The maximum atomic E-state index is 14.4. The Morgan fingerprint density at radius 1 is 1.00 bits per heavy atom. The largest absolute Gasteiger partial charge is 0.346 e. The van der Waals surface area contributed by atoms with Gasteiger partial charge in [0.1, 0.15) is 6.04 Å². The van der Waals surface area contributed by atoms with E-state index >= 15 is 0 Å². The van der Waals surface area contributed by atoms with E-state index in [0.29, 0.717) is 37.6 Å². The third-order valence-corrected chi connectivity index (χ3v) is 12.6. The van der Waals surface area contributed by atoms with Crippen LogP contribution >= 0.6 is 11.6 Å². The standard InChI is InChI=1S/C36H59ClN4O7S/c1-10-16-38-31(44)29(43)23(18-22-13-14-22)19-25(42)28-27-24(36(27,8)9)20-41(28)32(45)30(35(5,6)7)40-33(46)39-26(34(2,3)4)21-49(47,48)17-12-11-15-37/h10,22-24,26-28,30H,1,11-21H2,2-9H3,(H,38,44)(H2,39,40,46)/t23?,24-,26+,27-,28+,30+/m0/s1. The van der Waals surface area contributed by atoms with Crippen LogP contribution in [0.5, 0.6) is 0 Å². The van der Waals surface area contributed by atoms with Gasteiger partial charge in [0.2, 0.25) is 11.7 Å². The zero-order chi connectivity index (χ0) is 37.1. The fourth-order valence-electron chi connectivity index (χ4n) is 7.13. The van der Waals surface area contributed by atoms with Crippen LogP contribution in [-0.2, 0) is 29.0 Å². The summed E-state index contributed by atoms with van der Waals surface area (Å²) in [6.07, 6.45) is 4.72. The minimum atomic E-state index is -3.49. The number of Topliss-reactive ketones (excluding diaryl/α,β-unsaturated/α-hetero) is 2. The molecule has 0 spiro atoms. The molecule has 6 atom stereocenters. The van der Waals surface area contributed by atoms with Gasteiger partial charge in [-0.15, -0.1) is 18.2 Å². The number of ketones is 2. The highest BCUT2D eigenvalue weighted by atomic mass is 35.5. The van der Waals surface area contributed by atoms with Crippen LogP contribution in [0, 0.1) is 39.9 Å². The van der Waals surface area contributed by atoms with Gasteiger partial charge in [0.05, 0.1) is 17.5 Å². The molecule has 1 unspecified atom stereocenters. The van der Waals surface area contributed by atoms with Crippen molar-refractivity contribution in [3.8, 4) is 0 Å². The van der Waals surface area contributed by atoms with Gasteiger partial charge in [0.25, 0.3) is 5.91 Å². The fraction of sp³-hybridized carbons (Fsp3) is 0.806. The van der Waals surface area contributed by atoms with Crippen molar-refractivity contribution in [3.63, 3.8) is 0 Å². The Balaban J connectivity index is 1.81. The lowest BCUT2D eigenvalue weighted by Gasteiger charge is -2.38. The second kappa shape index (κ2) is 15.8. The second-order valence-corrected chi connectivity index (χ2v) is 19.8. The van der Waals surface area contributed by atoms with Gasteiger partial charge in [-0.05, 0) is 53.3 Å². The molecular weight excluding hydrogens is 668 g/mol. The smallest absolute Gasteiger partial charge is 0.315 e. The number of nitrogens with one attached hydrogen (secondary N) is 3. The lowest BCUT2D eigenvalue weighted by atomic mass is 9.84. The Bertz CT molecular complexity index is 1380. The molecule has 49 heavy (non-hydrogen) atoms. The van der Waals surface area contributed by atoms with Crippen LogP contribution in [-0.4, -0.2) is 91.3 Å². The summed E-state index contributed by atoms with van der Waals surface area (Å²) in [5, 5.41) is 8.20. The Morgan fingerprint density at radius 3 is 2.16 bits per heavy atom. The number of nitrogens with zero attached hydrogens (tertiary/aromatic N) is 1. The van der Waals surface area contributed by atoms with E-state index in [2.05, 4.69) is 36.4 Å². The van der Waals surface area contributed by atoms with Gasteiger partial charge in [0, 0.05) is 37.4 Å². The summed E-state index contributed by atoms with van der Waals surface area (Å²) in [5.74, 6) is -2.41. The van der Waals surface area contributed by atoms with Gasteiger partial charge in [-0.25, -0.2) is 13.2 Å². The summed E-state index contributed by atoms with van der Waals surface area (Å²) in [4.78, 5) is 69.4. The monoisotopic (exact) mass is 726 g/mol. The van der Waals surface area contributed by atoms with Crippen molar-refractivity contribution in [2.24, 2.45) is 39.9 Å². The molecule has 0 radical (unpaired) electrons. The van der Waals surface area contributed by atoms with Gasteiger partial charge in [-0.2, -0.15) is 0 Å². The second-order valence-electron chi connectivity index (χ2n) is 17.1. The average molecular weight is 727 g/mol. The normalized spacial score (nSPS) is 23.4. The number of sulfone groups is 1. The van der Waals surface area contributed by atoms with Gasteiger partial charge in [0.15, 0.2) is 15.6 Å². The number of halogens is 1. The molecule has 3 fully saturated rings. The Labute approximate surface area is 298 Å². The molecule has 2 saturated carbocycles. The number of alkyl halides is 1. The summed E-state index contributed by atoms with van der Waals surface area (Å²) < 4.78 is 25.8. The zero-order valence-electron chi connectivity index (χ0n) is 30.7. The Kier molecular flexibility index (Phi) is 13.2. The number of amides is 4. The lowest BCUT2D eigenvalue weighted by Crippen LogP contribution is -2.61. The number of unbranched alkanes of at least 4 members (excludes halogenated alkanes) is 1. The van der Waals surface area contributed by atoms with E-state index in [-0.39, 0.29) is 47.5 Å². The van der Waals surface area contributed by atoms with E-state index in [4.69, 9.17) is 11.6 Å². The molecule has 13 heteroatoms. The number of rotatable bonds is 18. The molecule has 1 heterocycles. The van der Waals surface area contributed by atoms with Crippen LogP contribution in [0.15, 0.2) is 12.7 Å². The average Bonchev–Trinajstić information content (AvgIpc) is 3.83. The first-order chi connectivity index (χ1) is 22.5. The molecule has 0 bridgehead atoms. The van der Waals surface area contributed by atoms with Crippen molar-refractivity contribution < 1.29 is 32.4 Å². The van der Waals surface area contributed by atoms with Crippen LogP contribution in [0.2, 0.25) is 0 Å². The lowest BCUT2D eigenvalue weighted by molar-refractivity contribution is -0.145. The predicted octanol–water partition coefficient (Wildman–Crippen LogP) is 4.28. The first kappa shape index (κ1) is 41.0. The number of urea groups is 1. The van der Waals surface area contributed by atoms with Crippen molar-refractivity contribution >= 4 is 50.9 Å². The van der Waals surface area contributed by atoms with Gasteiger partial charge >= 0.3 is 6.03 Å². The molecule has 0 aromatic carbocycles. The zero-order valence-corrected chi connectivity index (χ0v) is 32.3. The quantitative estimate of drug-likeness (QED) is 0.0823. The van der Waals surface area contributed by atoms with E-state index in [1.807, 2.05) is 41.5 Å². The Hall–Kier alpha value is -2.47. The SMILES string of the molecule is C=CCNC(=O)C(=O)C(CC(=O)[C@@H]1[C@@H]2[C@H](CN1C(=O)[C@@H](NC(=O)N[C@H](CS(=O)(=O)CCCCCl)C(C)(C)C)C(C)(C)C)C2(C)C)CC1CC1. The molecule has 1 aliphatic heterocycles. The van der Waals surface area contributed by atoms with E-state index in [9.17, 15) is 32.4 Å². The summed E-state index contributed by atoms with van der Waals surface area (Å²) >= 11 is 5.73. The van der Waals surface area contributed by atoms with Gasteiger partial charge in [-0.1, -0.05) is 74.3 Å². The van der Waals surface area contributed by atoms with Crippen LogP contribution in [0.4, 0.5) is 4.79 Å². The maximum absolute atomic E-state index is 14.4. The number of hydrogen-bond acceptors (Lipinski definition) is 7. The van der Waals surface area contributed by atoms with E-state index in [0.717, 1.165) is 12.8 Å². The van der Waals surface area contributed by atoms with Crippen molar-refractivity contribution in [2.45, 2.75) is 112 Å². The molecule has 4 amide bonds. The first-order valence-electron chi connectivity index (χ1n) is 17.6. The van der Waals surface area contributed by atoms with E-state index in [1.54, 1.807) is 4.90 Å². The van der Waals surface area contributed by atoms with Crippen molar-refractivity contribution in [3.05, 3.63) is 12.7 Å². The highest BCUT2D eigenvalue weighted by Gasteiger charge is 2.69. The molecule has 2 aliphatic carbocycles. The van der Waals surface area contributed by atoms with Crippen LogP contribution in [0.1, 0.15) is 93.9 Å². The molecule has 0 aromatic rings. The van der Waals surface area contributed by atoms with Crippen molar-refractivity contribution in [1.29, 1.82) is 0 Å². The first-order valence-corrected chi connectivity index (χ1v) is 20.0. The molecule has 11 nitrogen and oxygen atoms in total. The predicted molar refractivity (Wildman–Crippen MR) is 192 cm³/mol. The molecule has 3 aliphatic rings. The third-order valence-electron chi connectivity index (χ3n) is 10.6. The molecule has 0 aromatic heterocycles. The minimum Gasteiger partial charge on any atom is -0.346 e. The maximum Gasteiger partial charge on any atom is 0.315 e. The molecular formula is C36H59ClN4O7S. The molecule has 1 saturated heterocycles. The molecule has 3 rings (SSSR count). The molecule has 278 valence electrons. The summed E-state index contributed by atoms with van der Waals surface area (Å²) in [6, 6.07) is -3.22. The van der Waals surface area contributed by atoms with Crippen molar-refractivity contribution in [1.82, 2.24) is 20.9 Å². The Morgan fingerprint density at radius 2 is 1.63 bits per heavy atom. The number of fused-ring (bicyclic) bond motifs is 1. The number of carbonyl (C=O) groups excluding carboxylic acids is 5. The number of hydrogen-bond donors (Lipinski definition) is 3. The van der Waals surface area contributed by atoms with E-state index in [1.165, 1.54) is 6.08 Å². The third kappa shape index (κ3) is 10.8. The van der Waals surface area contributed by atoms with Crippen LogP contribution in [0.25, 0.3) is 0 Å². The number of carbonyl (C=O) groups is 5. The highest BCUT2D eigenvalue weighted by molar-refractivity contribution is 7.91. The molecule has 3 N–H and O–H groups in total. The highest BCUT2D eigenvalue weighted by Crippen LogP contribution is 2.65.